The van der Waals surface area contributed by atoms with Crippen molar-refractivity contribution >= 4 is 11.9 Å². The third-order valence-corrected chi connectivity index (χ3v) is 3.97. The van der Waals surface area contributed by atoms with E-state index in [0.717, 1.165) is 46.6 Å². The van der Waals surface area contributed by atoms with E-state index in [1.165, 1.54) is 0 Å². The van der Waals surface area contributed by atoms with Gasteiger partial charge >= 0.3 is 0 Å². The van der Waals surface area contributed by atoms with Crippen LogP contribution in [0.2, 0.25) is 0 Å². The molecule has 0 N–H and O–H groups in total. The molecule has 0 radical (unpaired) electrons. The summed E-state index contributed by atoms with van der Waals surface area (Å²) in [6, 6.07) is 13.4. The lowest BCUT2D eigenvalue weighted by molar-refractivity contribution is 0.102. The molecule has 0 bridgehead atoms. The molecule has 0 amide bonds. The smallest absolute Gasteiger partial charge is 0.189 e. The first-order chi connectivity index (χ1) is 12.7. The lowest BCUT2D eigenvalue weighted by Crippen LogP contribution is -2.14. The molecule has 2 aromatic carbocycles. The summed E-state index contributed by atoms with van der Waals surface area (Å²) in [6.45, 7) is 8.00. The van der Waals surface area contributed by atoms with Gasteiger partial charge < -0.3 is 9.47 Å². The van der Waals surface area contributed by atoms with Crippen LogP contribution in [-0.4, -0.2) is 20.0 Å². The highest BCUT2D eigenvalue weighted by Gasteiger charge is 2.22. The van der Waals surface area contributed by atoms with Gasteiger partial charge in [-0.3, -0.25) is 4.79 Å². The Morgan fingerprint density at radius 3 is 1.96 bits per heavy atom. The lowest BCUT2D eigenvalue weighted by atomic mass is 9.86. The zero-order valence-electron chi connectivity index (χ0n) is 16.8. The van der Waals surface area contributed by atoms with E-state index in [4.69, 9.17) is 9.47 Å². The molecular formula is C23H30O3. The Balaban J connectivity index is 0.000000791. The van der Waals surface area contributed by atoms with Gasteiger partial charge in [0.15, 0.2) is 5.78 Å². The van der Waals surface area contributed by atoms with Crippen LogP contribution in [0.4, 0.5) is 0 Å². The predicted octanol–water partition coefficient (Wildman–Crippen LogP) is 5.97. The van der Waals surface area contributed by atoms with Crippen molar-refractivity contribution in [1.29, 1.82) is 0 Å². The van der Waals surface area contributed by atoms with Gasteiger partial charge in [-0.2, -0.15) is 0 Å². The van der Waals surface area contributed by atoms with Crippen LogP contribution in [0.5, 0.6) is 11.5 Å². The summed E-state index contributed by atoms with van der Waals surface area (Å²) in [5, 5.41) is 0. The lowest BCUT2D eigenvalue weighted by Gasteiger charge is -2.18. The average molecular weight is 354 g/mol. The highest BCUT2D eigenvalue weighted by Crippen LogP contribution is 2.29. The third-order valence-electron chi connectivity index (χ3n) is 3.97. The van der Waals surface area contributed by atoms with Crippen molar-refractivity contribution in [1.82, 2.24) is 0 Å². The standard InChI is InChI=1S/C19H18O3.2C2H6/c1-21-16-8-3-13(4-9-16)11-15-6-5-14-7-10-17(22-2)12-18(14)19(15)20;2*1-2/h3-4,7-12H,5-6H2,1-2H3;2*1-2H3/b15-11+;;. The summed E-state index contributed by atoms with van der Waals surface area (Å²) in [4.78, 5) is 12.7. The zero-order valence-corrected chi connectivity index (χ0v) is 16.8. The number of hydrogen-bond acceptors (Lipinski definition) is 3. The average Bonchev–Trinajstić information content (AvgIpc) is 2.73. The van der Waals surface area contributed by atoms with Gasteiger partial charge in [0.25, 0.3) is 0 Å². The Bertz CT molecular complexity index is 728. The van der Waals surface area contributed by atoms with Crippen molar-refractivity contribution in [3.63, 3.8) is 0 Å². The molecule has 3 nitrogen and oxygen atoms in total. The molecule has 0 saturated heterocycles. The van der Waals surface area contributed by atoms with Crippen LogP contribution >= 0.6 is 0 Å². The number of hydrogen-bond donors (Lipinski definition) is 0. The molecule has 0 unspecified atom stereocenters. The maximum absolute atomic E-state index is 12.7. The predicted molar refractivity (Wildman–Crippen MR) is 109 cm³/mol. The highest BCUT2D eigenvalue weighted by atomic mass is 16.5. The third kappa shape index (κ3) is 5.22. The SMILES string of the molecule is CC.CC.COc1ccc(/C=C2\CCc3ccc(OC)cc3C2=O)cc1. The second-order valence-electron chi connectivity index (χ2n) is 5.29. The molecule has 26 heavy (non-hydrogen) atoms. The molecule has 3 rings (SSSR count). The highest BCUT2D eigenvalue weighted by molar-refractivity contribution is 6.13. The maximum atomic E-state index is 12.7. The van der Waals surface area contributed by atoms with Gasteiger partial charge in [-0.25, -0.2) is 0 Å². The minimum atomic E-state index is 0.0935. The summed E-state index contributed by atoms with van der Waals surface area (Å²) < 4.78 is 10.4. The van der Waals surface area contributed by atoms with Crippen LogP contribution in [-0.2, 0) is 6.42 Å². The molecule has 1 aliphatic carbocycles. The van der Waals surface area contributed by atoms with Crippen molar-refractivity contribution in [2.75, 3.05) is 14.2 Å². The minimum absolute atomic E-state index is 0.0935. The van der Waals surface area contributed by atoms with Crippen molar-refractivity contribution in [3.05, 3.63) is 64.7 Å². The van der Waals surface area contributed by atoms with Gasteiger partial charge in [-0.1, -0.05) is 45.9 Å². The van der Waals surface area contributed by atoms with Crippen molar-refractivity contribution in [2.45, 2.75) is 40.5 Å². The van der Waals surface area contributed by atoms with Gasteiger partial charge in [0.05, 0.1) is 14.2 Å². The molecule has 3 heteroatoms. The first-order valence-electron chi connectivity index (χ1n) is 9.27. The quantitative estimate of drug-likeness (QED) is 0.637. The molecule has 0 aromatic heterocycles. The number of allylic oxidation sites excluding steroid dienone is 1. The summed E-state index contributed by atoms with van der Waals surface area (Å²) in [5.74, 6) is 1.63. The topological polar surface area (TPSA) is 35.5 Å². The monoisotopic (exact) mass is 354 g/mol. The first kappa shape index (κ1) is 21.5. The van der Waals surface area contributed by atoms with E-state index in [1.807, 2.05) is 76.2 Å². The van der Waals surface area contributed by atoms with E-state index in [-0.39, 0.29) is 5.78 Å². The van der Waals surface area contributed by atoms with E-state index < -0.39 is 0 Å². The van der Waals surface area contributed by atoms with Gasteiger partial charge in [0, 0.05) is 11.1 Å². The zero-order chi connectivity index (χ0) is 19.5. The Labute approximate surface area is 157 Å². The molecule has 0 heterocycles. The molecule has 2 aromatic rings. The van der Waals surface area contributed by atoms with E-state index in [9.17, 15) is 4.79 Å². The number of ketones is 1. The normalized spacial score (nSPS) is 13.6. The van der Waals surface area contributed by atoms with Crippen LogP contribution in [0.15, 0.2) is 48.0 Å². The number of rotatable bonds is 3. The maximum Gasteiger partial charge on any atom is 0.189 e. The molecule has 0 spiro atoms. The molecule has 0 fully saturated rings. The number of Topliss-reactive ketones (excluding diaryl/α,β-unsaturated/α-hetero) is 1. The Morgan fingerprint density at radius 2 is 1.38 bits per heavy atom. The summed E-state index contributed by atoms with van der Waals surface area (Å²) >= 11 is 0. The fourth-order valence-corrected chi connectivity index (χ4v) is 2.71. The van der Waals surface area contributed by atoms with Crippen LogP contribution in [0.3, 0.4) is 0 Å². The Hall–Kier alpha value is -2.55. The summed E-state index contributed by atoms with van der Waals surface area (Å²) in [5.41, 5.74) is 3.70. The number of fused-ring (bicyclic) bond motifs is 1. The first-order valence-corrected chi connectivity index (χ1v) is 9.27. The van der Waals surface area contributed by atoms with Crippen LogP contribution in [0, 0.1) is 0 Å². The summed E-state index contributed by atoms with van der Waals surface area (Å²) in [7, 11) is 3.26. The van der Waals surface area contributed by atoms with E-state index in [1.54, 1.807) is 14.2 Å². The van der Waals surface area contributed by atoms with Crippen LogP contribution in [0.1, 0.15) is 55.6 Å². The summed E-state index contributed by atoms with van der Waals surface area (Å²) in [6.07, 6.45) is 3.61. The van der Waals surface area contributed by atoms with Crippen molar-refractivity contribution in [2.24, 2.45) is 0 Å². The van der Waals surface area contributed by atoms with E-state index in [0.29, 0.717) is 0 Å². The van der Waals surface area contributed by atoms with E-state index >= 15 is 0 Å². The number of benzene rings is 2. The largest absolute Gasteiger partial charge is 0.497 e. The second-order valence-corrected chi connectivity index (χ2v) is 5.29. The van der Waals surface area contributed by atoms with Gasteiger partial charge in [0.2, 0.25) is 0 Å². The number of carbonyl (C=O) groups is 1. The van der Waals surface area contributed by atoms with E-state index in [2.05, 4.69) is 0 Å². The second kappa shape index (κ2) is 11.1. The fourth-order valence-electron chi connectivity index (χ4n) is 2.71. The molecule has 140 valence electrons. The minimum Gasteiger partial charge on any atom is -0.497 e. The van der Waals surface area contributed by atoms with Crippen molar-refractivity contribution in [3.8, 4) is 11.5 Å². The Morgan fingerprint density at radius 1 is 0.808 bits per heavy atom. The number of aryl methyl sites for hydroxylation is 1. The van der Waals surface area contributed by atoms with Gasteiger partial charge in [-0.15, -0.1) is 0 Å². The fraction of sp³-hybridized carbons (Fsp3) is 0.348. The van der Waals surface area contributed by atoms with Gasteiger partial charge in [0.1, 0.15) is 11.5 Å². The molecule has 0 atom stereocenters. The molecule has 0 saturated carbocycles. The molecular weight excluding hydrogens is 324 g/mol. The van der Waals surface area contributed by atoms with Gasteiger partial charge in [-0.05, 0) is 54.3 Å². The number of methoxy groups -OCH3 is 2. The van der Waals surface area contributed by atoms with Crippen molar-refractivity contribution < 1.29 is 14.3 Å². The molecule has 1 aliphatic rings. The molecule has 0 aliphatic heterocycles. The number of ether oxygens (including phenoxy) is 2. The van der Waals surface area contributed by atoms with Crippen LogP contribution < -0.4 is 9.47 Å². The number of carbonyl (C=O) groups excluding carboxylic acids is 1. The Kier molecular flexibility index (Phi) is 9.21. The van der Waals surface area contributed by atoms with Crippen LogP contribution in [0.25, 0.3) is 6.08 Å².